The molecule has 0 aromatic heterocycles. The Morgan fingerprint density at radius 3 is 2.79 bits per heavy atom. The van der Waals surface area contributed by atoms with Crippen LogP contribution in [0.1, 0.15) is 49.7 Å². The van der Waals surface area contributed by atoms with Gasteiger partial charge in [-0.3, -0.25) is 4.90 Å². The molecule has 2 unspecified atom stereocenters. The number of hydrogen-bond acceptors (Lipinski definition) is 5. The van der Waals surface area contributed by atoms with Crippen molar-refractivity contribution in [3.8, 4) is 11.5 Å². The monoisotopic (exact) mass is 398 g/mol. The van der Waals surface area contributed by atoms with Gasteiger partial charge in [-0.2, -0.15) is 0 Å². The lowest BCUT2D eigenvalue weighted by molar-refractivity contribution is 0.0807. The zero-order valence-corrected chi connectivity index (χ0v) is 17.6. The molecule has 4 aliphatic rings. The van der Waals surface area contributed by atoms with Crippen LogP contribution in [0.4, 0.5) is 0 Å². The first-order valence-corrected chi connectivity index (χ1v) is 11.4. The maximum absolute atomic E-state index is 10.2. The predicted octanol–water partition coefficient (Wildman–Crippen LogP) is 3.10. The minimum Gasteiger partial charge on any atom is -0.493 e. The first-order chi connectivity index (χ1) is 14.2. The van der Waals surface area contributed by atoms with Gasteiger partial charge in [0.1, 0.15) is 6.10 Å². The molecule has 29 heavy (non-hydrogen) atoms. The molecule has 5 heteroatoms. The quantitative estimate of drug-likeness (QED) is 0.773. The summed E-state index contributed by atoms with van der Waals surface area (Å²) in [5.41, 5.74) is 2.54. The van der Waals surface area contributed by atoms with E-state index in [1.165, 1.54) is 56.4 Å². The summed E-state index contributed by atoms with van der Waals surface area (Å²) >= 11 is 0. The lowest BCUT2D eigenvalue weighted by Gasteiger charge is -2.36. The molecule has 0 bridgehead atoms. The van der Waals surface area contributed by atoms with Crippen LogP contribution in [0.25, 0.3) is 0 Å². The van der Waals surface area contributed by atoms with Crippen molar-refractivity contribution in [2.45, 2.75) is 62.7 Å². The number of nitrogens with zero attached hydrogens (tertiary/aromatic N) is 2. The molecule has 1 spiro atoms. The van der Waals surface area contributed by atoms with Crippen molar-refractivity contribution in [3.05, 3.63) is 35.4 Å². The van der Waals surface area contributed by atoms with Gasteiger partial charge in [-0.1, -0.05) is 24.6 Å². The largest absolute Gasteiger partial charge is 0.493 e. The third-order valence-corrected chi connectivity index (χ3v) is 7.43. The van der Waals surface area contributed by atoms with E-state index in [1.807, 2.05) is 6.08 Å². The number of aliphatic hydroxyl groups excluding tert-OH is 1. The Hall–Kier alpha value is -1.56. The highest BCUT2D eigenvalue weighted by Crippen LogP contribution is 2.55. The molecule has 3 heterocycles. The maximum Gasteiger partial charge on any atom is 0.166 e. The molecule has 1 saturated heterocycles. The Morgan fingerprint density at radius 2 is 1.97 bits per heavy atom. The molecule has 5 rings (SSSR count). The summed E-state index contributed by atoms with van der Waals surface area (Å²) in [7, 11) is 1.71. The molecule has 0 saturated carbocycles. The number of methoxy groups -OCH3 is 1. The Balaban J connectivity index is 1.37. The van der Waals surface area contributed by atoms with E-state index in [9.17, 15) is 5.11 Å². The highest BCUT2D eigenvalue weighted by Gasteiger charge is 2.52. The summed E-state index contributed by atoms with van der Waals surface area (Å²) in [6, 6.07) is 4.28. The number of hydrogen-bond donors (Lipinski definition) is 1. The number of aliphatic hydroxyl groups is 1. The molecule has 0 radical (unpaired) electrons. The summed E-state index contributed by atoms with van der Waals surface area (Å²) in [5, 5.41) is 10.2. The van der Waals surface area contributed by atoms with Crippen LogP contribution in [0.3, 0.4) is 0 Å². The van der Waals surface area contributed by atoms with Crippen molar-refractivity contribution in [1.82, 2.24) is 9.80 Å². The van der Waals surface area contributed by atoms with Crippen LogP contribution in [0.5, 0.6) is 11.5 Å². The number of ether oxygens (including phenoxy) is 2. The summed E-state index contributed by atoms with van der Waals surface area (Å²) in [4.78, 5) is 5.26. The van der Waals surface area contributed by atoms with Crippen LogP contribution < -0.4 is 9.47 Å². The van der Waals surface area contributed by atoms with Crippen molar-refractivity contribution < 1.29 is 14.6 Å². The molecular weight excluding hydrogens is 364 g/mol. The summed E-state index contributed by atoms with van der Waals surface area (Å²) in [5.74, 6) is 1.72. The van der Waals surface area contributed by atoms with Crippen LogP contribution in [-0.4, -0.2) is 66.9 Å². The van der Waals surface area contributed by atoms with Gasteiger partial charge < -0.3 is 19.5 Å². The fourth-order valence-corrected chi connectivity index (χ4v) is 5.89. The van der Waals surface area contributed by atoms with E-state index in [1.54, 1.807) is 7.11 Å². The lowest BCUT2D eigenvalue weighted by Crippen LogP contribution is -2.43. The molecule has 1 aromatic carbocycles. The Bertz CT molecular complexity index is 774. The van der Waals surface area contributed by atoms with Crippen molar-refractivity contribution in [3.63, 3.8) is 0 Å². The number of benzene rings is 1. The van der Waals surface area contributed by atoms with Crippen molar-refractivity contribution in [2.75, 3.05) is 39.8 Å². The van der Waals surface area contributed by atoms with E-state index in [4.69, 9.17) is 9.47 Å². The normalized spacial score (nSPS) is 31.7. The van der Waals surface area contributed by atoms with Gasteiger partial charge >= 0.3 is 0 Å². The van der Waals surface area contributed by atoms with Gasteiger partial charge in [0.25, 0.3) is 0 Å². The topological polar surface area (TPSA) is 45.2 Å². The number of rotatable bonds is 5. The summed E-state index contributed by atoms with van der Waals surface area (Å²) in [6.45, 7) is 6.96. The van der Waals surface area contributed by atoms with Crippen LogP contribution in [-0.2, 0) is 12.0 Å². The van der Waals surface area contributed by atoms with Crippen LogP contribution >= 0.6 is 0 Å². The third kappa shape index (κ3) is 3.47. The second kappa shape index (κ2) is 7.93. The van der Waals surface area contributed by atoms with Crippen LogP contribution in [0.2, 0.25) is 0 Å². The molecule has 5 nitrogen and oxygen atoms in total. The number of piperidine rings is 1. The highest BCUT2D eigenvalue weighted by atomic mass is 16.5. The molecule has 1 N–H and O–H groups in total. The average Bonchev–Trinajstić information content (AvgIpc) is 2.98. The zero-order chi connectivity index (χ0) is 19.8. The first kappa shape index (κ1) is 19.4. The predicted molar refractivity (Wildman–Crippen MR) is 114 cm³/mol. The Morgan fingerprint density at radius 1 is 1.14 bits per heavy atom. The summed E-state index contributed by atoms with van der Waals surface area (Å²) < 4.78 is 12.0. The van der Waals surface area contributed by atoms with Crippen molar-refractivity contribution in [1.29, 1.82) is 0 Å². The molecule has 1 aromatic rings. The van der Waals surface area contributed by atoms with E-state index in [0.29, 0.717) is 6.42 Å². The standard InChI is InChI=1S/C24H34N2O3/c1-28-20-7-6-18-17-26(14-5-13-25-11-3-2-4-12-25)15-10-24-9-8-19(27)16-21(24)29-23(20)22(18)24/h6-9,19,21,27H,2-5,10-17H2,1H3/t19?,21-,24?/m0/s1. The van der Waals surface area contributed by atoms with Gasteiger partial charge in [0.2, 0.25) is 0 Å². The Labute approximate surface area is 174 Å². The van der Waals surface area contributed by atoms with E-state index >= 15 is 0 Å². The van der Waals surface area contributed by atoms with Gasteiger partial charge in [0, 0.05) is 18.5 Å². The highest BCUT2D eigenvalue weighted by molar-refractivity contribution is 5.60. The van der Waals surface area contributed by atoms with Crippen LogP contribution in [0, 0.1) is 0 Å². The average molecular weight is 399 g/mol. The Kier molecular flexibility index (Phi) is 5.31. The van der Waals surface area contributed by atoms with E-state index in [0.717, 1.165) is 37.6 Å². The van der Waals surface area contributed by atoms with E-state index in [2.05, 4.69) is 28.0 Å². The second-order valence-electron chi connectivity index (χ2n) is 9.22. The SMILES string of the molecule is COc1ccc2c3c1O[C@H]1CC(O)C=CC31CCN(CCCN1CCCCC1)C2. The smallest absolute Gasteiger partial charge is 0.166 e. The zero-order valence-electron chi connectivity index (χ0n) is 17.6. The third-order valence-electron chi connectivity index (χ3n) is 7.43. The van der Waals surface area contributed by atoms with Crippen LogP contribution in [0.15, 0.2) is 24.3 Å². The van der Waals surface area contributed by atoms with Gasteiger partial charge in [0.05, 0.1) is 18.6 Å². The molecule has 0 amide bonds. The maximum atomic E-state index is 10.2. The molecule has 1 aliphatic carbocycles. The van der Waals surface area contributed by atoms with Gasteiger partial charge in [-0.25, -0.2) is 0 Å². The fraction of sp³-hybridized carbons (Fsp3) is 0.667. The minimum absolute atomic E-state index is 0.000787. The van der Waals surface area contributed by atoms with E-state index < -0.39 is 6.10 Å². The molecule has 158 valence electrons. The molecule has 3 atom stereocenters. The van der Waals surface area contributed by atoms with Crippen molar-refractivity contribution >= 4 is 0 Å². The van der Waals surface area contributed by atoms with Crippen molar-refractivity contribution in [2.24, 2.45) is 0 Å². The van der Waals surface area contributed by atoms with Gasteiger partial charge in [-0.05, 0) is 70.0 Å². The molecular formula is C24H34N2O3. The molecule has 1 fully saturated rings. The fourth-order valence-electron chi connectivity index (χ4n) is 5.89. The minimum atomic E-state index is -0.418. The summed E-state index contributed by atoms with van der Waals surface area (Å²) in [6.07, 6.45) is 10.9. The van der Waals surface area contributed by atoms with E-state index in [-0.39, 0.29) is 11.5 Å². The van der Waals surface area contributed by atoms with Gasteiger partial charge in [-0.15, -0.1) is 0 Å². The van der Waals surface area contributed by atoms with Gasteiger partial charge in [0.15, 0.2) is 11.5 Å². The first-order valence-electron chi connectivity index (χ1n) is 11.4. The number of likely N-dealkylation sites (tertiary alicyclic amines) is 1. The lowest BCUT2D eigenvalue weighted by atomic mass is 9.69. The molecule has 3 aliphatic heterocycles. The second-order valence-corrected chi connectivity index (χ2v) is 9.22.